The molecule has 0 spiro atoms. The van der Waals surface area contributed by atoms with Gasteiger partial charge in [0.05, 0.1) is 6.54 Å². The lowest BCUT2D eigenvalue weighted by Crippen LogP contribution is -2.36. The number of aryl methyl sites for hydroxylation is 1. The number of aromatic nitrogens is 4. The van der Waals surface area contributed by atoms with Crippen molar-refractivity contribution >= 4 is 11.7 Å². The highest BCUT2D eigenvalue weighted by atomic mass is 16.5. The Hall–Kier alpha value is -2.22. The Kier molecular flexibility index (Phi) is 3.84. The molecule has 2 aliphatic heterocycles. The molecular weight excluding hydrogens is 308 g/mol. The molecule has 1 atom stereocenters. The number of fused-ring (bicyclic) bond motifs is 1. The zero-order valence-corrected chi connectivity index (χ0v) is 13.9. The van der Waals surface area contributed by atoms with Gasteiger partial charge in [0.1, 0.15) is 17.9 Å². The second-order valence-corrected chi connectivity index (χ2v) is 7.00. The van der Waals surface area contributed by atoms with Crippen molar-refractivity contribution in [2.24, 2.45) is 0 Å². The Morgan fingerprint density at radius 3 is 3.12 bits per heavy atom. The maximum Gasteiger partial charge on any atom is 0.239 e. The van der Waals surface area contributed by atoms with E-state index in [0.29, 0.717) is 12.4 Å². The highest BCUT2D eigenvalue weighted by Gasteiger charge is 2.40. The SMILES string of the molecule is CC1(c2nnc3n2CCCC3)CCN(CC(=O)Nc2ccon2)C1. The molecule has 1 unspecified atom stereocenters. The van der Waals surface area contributed by atoms with E-state index in [-0.39, 0.29) is 11.3 Å². The van der Waals surface area contributed by atoms with Crippen molar-refractivity contribution in [3.05, 3.63) is 24.0 Å². The third-order valence-electron chi connectivity index (χ3n) is 5.02. The number of carbonyl (C=O) groups is 1. The predicted octanol–water partition coefficient (Wildman–Crippen LogP) is 1.20. The Balaban J connectivity index is 1.42. The fraction of sp³-hybridized carbons (Fsp3) is 0.625. The third kappa shape index (κ3) is 2.82. The van der Waals surface area contributed by atoms with Crippen LogP contribution < -0.4 is 5.32 Å². The standard InChI is InChI=1S/C16H22N6O2/c1-16(15-19-18-13-4-2-3-7-22(13)15)6-8-21(11-16)10-14(23)17-12-5-9-24-20-12/h5,9H,2-4,6-8,10-11H2,1H3,(H,17,20,23). The summed E-state index contributed by atoms with van der Waals surface area (Å²) in [5.41, 5.74) is -0.0449. The molecule has 4 heterocycles. The Morgan fingerprint density at radius 2 is 2.29 bits per heavy atom. The van der Waals surface area contributed by atoms with Crippen LogP contribution in [0.4, 0.5) is 5.82 Å². The zero-order valence-electron chi connectivity index (χ0n) is 13.9. The van der Waals surface area contributed by atoms with E-state index in [1.54, 1.807) is 6.07 Å². The van der Waals surface area contributed by atoms with Crippen molar-refractivity contribution in [2.45, 2.75) is 44.6 Å². The quantitative estimate of drug-likeness (QED) is 0.906. The Bertz CT molecular complexity index is 725. The van der Waals surface area contributed by atoms with E-state index in [1.165, 1.54) is 19.1 Å². The Labute approximate surface area is 140 Å². The number of rotatable bonds is 4. The van der Waals surface area contributed by atoms with E-state index in [1.807, 2.05) is 0 Å². The zero-order chi connectivity index (χ0) is 16.6. The number of anilines is 1. The molecule has 2 aromatic heterocycles. The summed E-state index contributed by atoms with van der Waals surface area (Å²) in [6.45, 7) is 5.29. The van der Waals surface area contributed by atoms with Gasteiger partial charge in [0.15, 0.2) is 5.82 Å². The number of carbonyl (C=O) groups excluding carboxylic acids is 1. The van der Waals surface area contributed by atoms with Crippen LogP contribution >= 0.6 is 0 Å². The van der Waals surface area contributed by atoms with Gasteiger partial charge >= 0.3 is 0 Å². The second-order valence-electron chi connectivity index (χ2n) is 7.00. The molecule has 0 aromatic carbocycles. The van der Waals surface area contributed by atoms with Gasteiger partial charge in [-0.1, -0.05) is 12.1 Å². The minimum atomic E-state index is -0.0728. The summed E-state index contributed by atoms with van der Waals surface area (Å²) in [5.74, 6) is 2.57. The molecule has 2 aliphatic rings. The van der Waals surface area contributed by atoms with Gasteiger partial charge in [-0.3, -0.25) is 9.69 Å². The summed E-state index contributed by atoms with van der Waals surface area (Å²) in [5, 5.41) is 15.3. The van der Waals surface area contributed by atoms with Gasteiger partial charge in [0.2, 0.25) is 5.91 Å². The van der Waals surface area contributed by atoms with Crippen LogP contribution in [0.25, 0.3) is 0 Å². The minimum absolute atomic E-state index is 0.0449. The van der Waals surface area contributed by atoms with Crippen LogP contribution in [0.2, 0.25) is 0 Å². The van der Waals surface area contributed by atoms with Gasteiger partial charge in [0.25, 0.3) is 0 Å². The molecule has 8 nitrogen and oxygen atoms in total. The molecule has 0 saturated carbocycles. The van der Waals surface area contributed by atoms with Crippen LogP contribution in [-0.4, -0.2) is 50.4 Å². The van der Waals surface area contributed by atoms with Gasteiger partial charge in [-0.2, -0.15) is 0 Å². The smallest absolute Gasteiger partial charge is 0.239 e. The molecule has 128 valence electrons. The van der Waals surface area contributed by atoms with Crippen LogP contribution in [0.5, 0.6) is 0 Å². The van der Waals surface area contributed by atoms with Crippen molar-refractivity contribution in [3.63, 3.8) is 0 Å². The maximum absolute atomic E-state index is 12.1. The van der Waals surface area contributed by atoms with E-state index in [2.05, 4.69) is 37.1 Å². The molecule has 8 heteroatoms. The van der Waals surface area contributed by atoms with Crippen molar-refractivity contribution in [3.8, 4) is 0 Å². The van der Waals surface area contributed by atoms with Gasteiger partial charge in [-0.15, -0.1) is 10.2 Å². The molecule has 1 fully saturated rings. The molecule has 1 amide bonds. The fourth-order valence-electron chi connectivity index (χ4n) is 3.79. The van der Waals surface area contributed by atoms with Gasteiger partial charge in [0, 0.05) is 31.0 Å². The Morgan fingerprint density at radius 1 is 1.38 bits per heavy atom. The van der Waals surface area contributed by atoms with E-state index >= 15 is 0 Å². The van der Waals surface area contributed by atoms with Gasteiger partial charge in [-0.05, 0) is 25.8 Å². The normalized spacial score (nSPS) is 24.0. The van der Waals surface area contributed by atoms with Crippen molar-refractivity contribution in [1.29, 1.82) is 0 Å². The lowest BCUT2D eigenvalue weighted by molar-refractivity contribution is -0.117. The molecule has 2 aromatic rings. The predicted molar refractivity (Wildman–Crippen MR) is 86.5 cm³/mol. The van der Waals surface area contributed by atoms with E-state index < -0.39 is 0 Å². The summed E-state index contributed by atoms with van der Waals surface area (Å²) in [6.07, 6.45) is 5.84. The average Bonchev–Trinajstić information content (AvgIpc) is 3.27. The fourth-order valence-corrected chi connectivity index (χ4v) is 3.79. The molecule has 1 N–H and O–H groups in total. The lowest BCUT2D eigenvalue weighted by Gasteiger charge is -2.26. The van der Waals surface area contributed by atoms with Crippen LogP contribution in [0.3, 0.4) is 0 Å². The highest BCUT2D eigenvalue weighted by Crippen LogP contribution is 2.34. The van der Waals surface area contributed by atoms with Crippen LogP contribution in [0.1, 0.15) is 37.8 Å². The maximum atomic E-state index is 12.1. The van der Waals surface area contributed by atoms with Crippen molar-refractivity contribution in [2.75, 3.05) is 25.0 Å². The monoisotopic (exact) mass is 330 g/mol. The first-order valence-corrected chi connectivity index (χ1v) is 8.49. The number of hydrogen-bond acceptors (Lipinski definition) is 6. The van der Waals surface area contributed by atoms with Gasteiger partial charge in [-0.25, -0.2) is 0 Å². The minimum Gasteiger partial charge on any atom is -0.363 e. The number of nitrogens with zero attached hydrogens (tertiary/aromatic N) is 5. The lowest BCUT2D eigenvalue weighted by atomic mass is 9.88. The first-order chi connectivity index (χ1) is 11.6. The molecule has 0 bridgehead atoms. The summed E-state index contributed by atoms with van der Waals surface area (Å²) in [6, 6.07) is 1.63. The highest BCUT2D eigenvalue weighted by molar-refractivity contribution is 5.91. The topological polar surface area (TPSA) is 89.1 Å². The number of nitrogens with one attached hydrogen (secondary N) is 1. The van der Waals surface area contributed by atoms with Crippen molar-refractivity contribution < 1.29 is 9.32 Å². The summed E-state index contributed by atoms with van der Waals surface area (Å²) >= 11 is 0. The van der Waals surface area contributed by atoms with Crippen LogP contribution in [-0.2, 0) is 23.2 Å². The number of likely N-dealkylation sites (tertiary alicyclic amines) is 1. The summed E-state index contributed by atoms with van der Waals surface area (Å²) in [7, 11) is 0. The van der Waals surface area contributed by atoms with Gasteiger partial charge < -0.3 is 14.4 Å². The second kappa shape index (κ2) is 6.01. The average molecular weight is 330 g/mol. The molecule has 0 radical (unpaired) electrons. The van der Waals surface area contributed by atoms with E-state index in [4.69, 9.17) is 4.52 Å². The van der Waals surface area contributed by atoms with Crippen LogP contribution in [0.15, 0.2) is 16.9 Å². The first kappa shape index (κ1) is 15.3. The third-order valence-corrected chi connectivity index (χ3v) is 5.02. The molecule has 4 rings (SSSR count). The summed E-state index contributed by atoms with van der Waals surface area (Å²) in [4.78, 5) is 14.3. The first-order valence-electron chi connectivity index (χ1n) is 8.49. The molecular formula is C16H22N6O2. The van der Waals surface area contributed by atoms with Crippen molar-refractivity contribution in [1.82, 2.24) is 24.8 Å². The summed E-state index contributed by atoms with van der Waals surface area (Å²) < 4.78 is 7.02. The largest absolute Gasteiger partial charge is 0.363 e. The molecule has 1 saturated heterocycles. The molecule has 24 heavy (non-hydrogen) atoms. The number of amides is 1. The van der Waals surface area contributed by atoms with Crippen LogP contribution in [0, 0.1) is 0 Å². The van der Waals surface area contributed by atoms with E-state index in [9.17, 15) is 4.79 Å². The molecule has 0 aliphatic carbocycles. The van der Waals surface area contributed by atoms with E-state index in [0.717, 1.165) is 44.1 Å². The number of hydrogen-bond donors (Lipinski definition) is 1.